The number of hydrogen-bond acceptors (Lipinski definition) is 5. The average molecular weight is 292 g/mol. The van der Waals surface area contributed by atoms with Crippen molar-refractivity contribution < 1.29 is 0 Å². The van der Waals surface area contributed by atoms with Crippen molar-refractivity contribution in [1.29, 1.82) is 0 Å². The van der Waals surface area contributed by atoms with Gasteiger partial charge in [-0.3, -0.25) is 4.57 Å². The van der Waals surface area contributed by atoms with Gasteiger partial charge in [0.05, 0.1) is 5.69 Å². The van der Waals surface area contributed by atoms with Crippen LogP contribution in [0.3, 0.4) is 0 Å². The summed E-state index contributed by atoms with van der Waals surface area (Å²) in [5.74, 6) is 0.697. The van der Waals surface area contributed by atoms with Gasteiger partial charge in [-0.1, -0.05) is 18.2 Å². The molecule has 1 aliphatic rings. The number of nitrogens with one attached hydrogen (secondary N) is 2. The molecule has 0 saturated heterocycles. The molecule has 0 amide bonds. The quantitative estimate of drug-likeness (QED) is 0.632. The number of aromatic nitrogens is 3. The first-order chi connectivity index (χ1) is 10.7. The third-order valence-electron chi connectivity index (χ3n) is 3.90. The summed E-state index contributed by atoms with van der Waals surface area (Å²) in [5, 5.41) is 15.1. The van der Waals surface area contributed by atoms with E-state index in [0.29, 0.717) is 5.95 Å². The van der Waals surface area contributed by atoms with Crippen LogP contribution in [0.2, 0.25) is 0 Å². The Labute approximate surface area is 128 Å². The van der Waals surface area contributed by atoms with Crippen LogP contribution in [0.25, 0.3) is 5.69 Å². The van der Waals surface area contributed by atoms with E-state index in [1.807, 2.05) is 53.1 Å². The maximum Gasteiger partial charge on any atom is 0.231 e. The van der Waals surface area contributed by atoms with E-state index in [4.69, 9.17) is 5.73 Å². The summed E-state index contributed by atoms with van der Waals surface area (Å²) in [5.41, 5.74) is 9.25. The molecule has 2 heterocycles. The second-order valence-electron chi connectivity index (χ2n) is 5.54. The van der Waals surface area contributed by atoms with Gasteiger partial charge >= 0.3 is 0 Å². The van der Waals surface area contributed by atoms with Crippen LogP contribution < -0.4 is 16.4 Å². The molecule has 0 saturated carbocycles. The Balaban J connectivity index is 1.86. The molecule has 22 heavy (non-hydrogen) atoms. The summed E-state index contributed by atoms with van der Waals surface area (Å²) in [7, 11) is 0. The van der Waals surface area contributed by atoms with E-state index in [9.17, 15) is 0 Å². The molecular weight excluding hydrogens is 276 g/mol. The van der Waals surface area contributed by atoms with Gasteiger partial charge in [-0.15, -0.1) is 10.2 Å². The normalized spacial score (nSPS) is 19.0. The van der Waals surface area contributed by atoms with Gasteiger partial charge in [-0.2, -0.15) is 0 Å². The Bertz CT molecular complexity index is 826. The highest BCUT2D eigenvalue weighted by Crippen LogP contribution is 2.37. The number of para-hydroxylation sites is 1. The number of nitrogens with zero attached hydrogens (tertiary/aromatic N) is 3. The van der Waals surface area contributed by atoms with Gasteiger partial charge in [0.2, 0.25) is 5.95 Å². The van der Waals surface area contributed by atoms with Crippen molar-refractivity contribution in [3.63, 3.8) is 0 Å². The van der Waals surface area contributed by atoms with Crippen LogP contribution in [0.15, 0.2) is 54.9 Å². The highest BCUT2D eigenvalue weighted by atomic mass is 15.4. The summed E-state index contributed by atoms with van der Waals surface area (Å²) in [6, 6.07) is 15.9. The monoisotopic (exact) mass is 292 g/mol. The molecule has 0 bridgehead atoms. The topological polar surface area (TPSA) is 80.8 Å². The lowest BCUT2D eigenvalue weighted by Crippen LogP contribution is -2.44. The van der Waals surface area contributed by atoms with E-state index in [-0.39, 0.29) is 0 Å². The van der Waals surface area contributed by atoms with Crippen LogP contribution in [0, 0.1) is 0 Å². The fraction of sp³-hybridized carbons (Fsp3) is 0.125. The minimum Gasteiger partial charge on any atom is -0.399 e. The van der Waals surface area contributed by atoms with Crippen LogP contribution >= 0.6 is 0 Å². The minimum atomic E-state index is -0.533. The van der Waals surface area contributed by atoms with Gasteiger partial charge in [0.1, 0.15) is 12.0 Å². The molecule has 1 unspecified atom stereocenters. The number of benzene rings is 2. The first-order valence-corrected chi connectivity index (χ1v) is 7.07. The summed E-state index contributed by atoms with van der Waals surface area (Å²) < 4.78 is 1.92. The SMILES string of the molecule is CC1(Nc2ccccc2)Nc2nncn2-c2ccc(N)cc21. The van der Waals surface area contributed by atoms with Crippen molar-refractivity contribution in [3.8, 4) is 5.69 Å². The number of hydrogen-bond donors (Lipinski definition) is 3. The van der Waals surface area contributed by atoms with Gasteiger partial charge in [0, 0.05) is 16.9 Å². The molecule has 0 aliphatic carbocycles. The van der Waals surface area contributed by atoms with Gasteiger partial charge < -0.3 is 16.4 Å². The van der Waals surface area contributed by atoms with Crippen molar-refractivity contribution in [2.24, 2.45) is 0 Å². The first-order valence-electron chi connectivity index (χ1n) is 7.07. The average Bonchev–Trinajstić information content (AvgIpc) is 2.96. The van der Waals surface area contributed by atoms with Crippen LogP contribution in [0.4, 0.5) is 17.3 Å². The number of fused-ring (bicyclic) bond motifs is 3. The molecule has 4 N–H and O–H groups in total. The summed E-state index contributed by atoms with van der Waals surface area (Å²) >= 11 is 0. The van der Waals surface area contributed by atoms with Crippen LogP contribution in [-0.2, 0) is 5.66 Å². The second kappa shape index (κ2) is 4.49. The molecule has 1 aromatic heterocycles. The minimum absolute atomic E-state index is 0.533. The predicted octanol–water partition coefficient (Wildman–Crippen LogP) is 2.56. The zero-order valence-corrected chi connectivity index (χ0v) is 12.1. The van der Waals surface area contributed by atoms with E-state index in [1.165, 1.54) is 0 Å². The van der Waals surface area contributed by atoms with Crippen LogP contribution in [0.1, 0.15) is 12.5 Å². The fourth-order valence-corrected chi connectivity index (χ4v) is 2.86. The molecule has 3 aromatic rings. The fourth-order valence-electron chi connectivity index (χ4n) is 2.86. The molecule has 1 aliphatic heterocycles. The van der Waals surface area contributed by atoms with Crippen molar-refractivity contribution in [1.82, 2.24) is 14.8 Å². The van der Waals surface area contributed by atoms with Crippen molar-refractivity contribution >= 4 is 17.3 Å². The van der Waals surface area contributed by atoms with Crippen molar-refractivity contribution in [3.05, 3.63) is 60.4 Å². The Hall–Kier alpha value is -3.02. The Kier molecular flexibility index (Phi) is 2.59. The van der Waals surface area contributed by atoms with Crippen LogP contribution in [0.5, 0.6) is 0 Å². The van der Waals surface area contributed by atoms with Gasteiger partial charge in [-0.05, 0) is 37.3 Å². The van der Waals surface area contributed by atoms with E-state index in [2.05, 4.69) is 27.8 Å². The van der Waals surface area contributed by atoms with Crippen molar-refractivity contribution in [2.75, 3.05) is 16.4 Å². The zero-order valence-electron chi connectivity index (χ0n) is 12.1. The molecule has 0 fully saturated rings. The molecule has 0 radical (unpaired) electrons. The smallest absolute Gasteiger partial charge is 0.231 e. The molecular formula is C16H16N6. The van der Waals surface area contributed by atoms with E-state index >= 15 is 0 Å². The molecule has 110 valence electrons. The zero-order chi connectivity index (χ0) is 15.2. The van der Waals surface area contributed by atoms with E-state index < -0.39 is 5.66 Å². The number of anilines is 3. The highest BCUT2D eigenvalue weighted by Gasteiger charge is 2.35. The molecule has 6 heteroatoms. The summed E-state index contributed by atoms with van der Waals surface area (Å²) in [6.45, 7) is 2.07. The highest BCUT2D eigenvalue weighted by molar-refractivity contribution is 5.64. The van der Waals surface area contributed by atoms with Crippen molar-refractivity contribution in [2.45, 2.75) is 12.6 Å². The first kappa shape index (κ1) is 12.7. The third kappa shape index (κ3) is 1.88. The largest absolute Gasteiger partial charge is 0.399 e. The standard InChI is InChI=1S/C16H16N6/c1-16(19-12-5-3-2-4-6-12)13-9-11(17)7-8-14(13)22-10-18-21-15(22)20-16/h2-10,19H,17H2,1H3,(H,20,21). The Morgan fingerprint density at radius 1 is 1.18 bits per heavy atom. The maximum absolute atomic E-state index is 6.00. The Morgan fingerprint density at radius 2 is 2.00 bits per heavy atom. The Morgan fingerprint density at radius 3 is 2.82 bits per heavy atom. The number of nitrogens with two attached hydrogens (primary N) is 1. The third-order valence-corrected chi connectivity index (χ3v) is 3.90. The predicted molar refractivity (Wildman–Crippen MR) is 86.8 cm³/mol. The lowest BCUT2D eigenvalue weighted by Gasteiger charge is -2.38. The van der Waals surface area contributed by atoms with E-state index in [0.717, 1.165) is 22.6 Å². The molecule has 6 nitrogen and oxygen atoms in total. The number of nitrogen functional groups attached to an aromatic ring is 1. The maximum atomic E-state index is 6.00. The molecule has 2 aromatic carbocycles. The lowest BCUT2D eigenvalue weighted by molar-refractivity contribution is 0.597. The second-order valence-corrected chi connectivity index (χ2v) is 5.54. The van der Waals surface area contributed by atoms with Crippen LogP contribution in [-0.4, -0.2) is 14.8 Å². The molecule has 0 spiro atoms. The van der Waals surface area contributed by atoms with Gasteiger partial charge in [0.25, 0.3) is 0 Å². The molecule has 1 atom stereocenters. The summed E-state index contributed by atoms with van der Waals surface area (Å²) in [4.78, 5) is 0. The lowest BCUT2D eigenvalue weighted by atomic mass is 9.96. The van der Waals surface area contributed by atoms with E-state index in [1.54, 1.807) is 6.33 Å². The van der Waals surface area contributed by atoms with Gasteiger partial charge in [0.15, 0.2) is 0 Å². The molecule has 4 rings (SSSR count). The van der Waals surface area contributed by atoms with Gasteiger partial charge in [-0.25, -0.2) is 0 Å². The number of rotatable bonds is 2. The summed E-state index contributed by atoms with van der Waals surface area (Å²) in [6.07, 6.45) is 1.69.